The second-order valence-corrected chi connectivity index (χ2v) is 3.97. The highest BCUT2D eigenvalue weighted by molar-refractivity contribution is 5.81. The average Bonchev–Trinajstić information content (AvgIpc) is 2.31. The van der Waals surface area contributed by atoms with Crippen molar-refractivity contribution < 1.29 is 4.79 Å². The van der Waals surface area contributed by atoms with Crippen LogP contribution in [0.4, 0.5) is 0 Å². The second-order valence-electron chi connectivity index (χ2n) is 3.97. The molecule has 1 aliphatic heterocycles. The summed E-state index contributed by atoms with van der Waals surface area (Å²) in [6, 6.07) is 10.1. The van der Waals surface area contributed by atoms with Crippen molar-refractivity contribution in [3.05, 3.63) is 48.2 Å². The first-order valence-electron chi connectivity index (χ1n) is 5.56. The van der Waals surface area contributed by atoms with E-state index in [9.17, 15) is 4.79 Å². The van der Waals surface area contributed by atoms with Gasteiger partial charge in [-0.15, -0.1) is 5.73 Å². The minimum atomic E-state index is 0.0705. The maximum atomic E-state index is 11.4. The van der Waals surface area contributed by atoms with E-state index >= 15 is 0 Å². The van der Waals surface area contributed by atoms with Gasteiger partial charge in [-0.25, -0.2) is 0 Å². The number of nitrogens with one attached hydrogen (secondary N) is 1. The van der Waals surface area contributed by atoms with E-state index in [4.69, 9.17) is 0 Å². The lowest BCUT2D eigenvalue weighted by molar-refractivity contribution is -0.122. The first kappa shape index (κ1) is 10.7. The lowest BCUT2D eigenvalue weighted by Gasteiger charge is -2.24. The Labute approximate surface area is 95.7 Å². The fraction of sp³-hybridized carbons (Fsp3) is 0.286. The molecule has 82 valence electrons. The third-order valence-corrected chi connectivity index (χ3v) is 2.86. The van der Waals surface area contributed by atoms with Gasteiger partial charge in [0.05, 0.1) is 6.04 Å². The number of benzene rings is 1. The number of rotatable bonds is 2. The molecule has 1 N–H and O–H groups in total. The Balaban J connectivity index is 2.24. The molecule has 0 spiro atoms. The van der Waals surface area contributed by atoms with Gasteiger partial charge in [-0.05, 0) is 18.4 Å². The zero-order chi connectivity index (χ0) is 11.4. The maximum Gasteiger partial charge on any atom is 0.220 e. The van der Waals surface area contributed by atoms with Gasteiger partial charge in [0.2, 0.25) is 5.91 Å². The van der Waals surface area contributed by atoms with Gasteiger partial charge in [0.1, 0.15) is 0 Å². The molecule has 1 unspecified atom stereocenters. The summed E-state index contributed by atoms with van der Waals surface area (Å²) in [4.78, 5) is 11.4. The summed E-state index contributed by atoms with van der Waals surface area (Å²) in [5, 5.41) is 2.99. The molecule has 16 heavy (non-hydrogen) atoms. The highest BCUT2D eigenvalue weighted by Crippen LogP contribution is 2.23. The summed E-state index contributed by atoms with van der Waals surface area (Å²) in [6.45, 7) is 3.72. The van der Waals surface area contributed by atoms with Crippen LogP contribution in [0.25, 0.3) is 5.57 Å². The largest absolute Gasteiger partial charge is 0.349 e. The normalized spacial score (nSPS) is 19.8. The van der Waals surface area contributed by atoms with Gasteiger partial charge in [0.25, 0.3) is 0 Å². The van der Waals surface area contributed by atoms with Crippen LogP contribution in [0.3, 0.4) is 0 Å². The molecule has 0 saturated carbocycles. The molecule has 1 aliphatic rings. The van der Waals surface area contributed by atoms with E-state index in [0.29, 0.717) is 6.42 Å². The Morgan fingerprint density at radius 1 is 1.38 bits per heavy atom. The van der Waals surface area contributed by atoms with Gasteiger partial charge in [-0.2, -0.15) is 0 Å². The van der Waals surface area contributed by atoms with Gasteiger partial charge in [-0.3, -0.25) is 4.79 Å². The van der Waals surface area contributed by atoms with Crippen LogP contribution in [0, 0.1) is 0 Å². The Morgan fingerprint density at radius 2 is 2.12 bits per heavy atom. The van der Waals surface area contributed by atoms with Crippen molar-refractivity contribution in [3.63, 3.8) is 0 Å². The first-order chi connectivity index (χ1) is 7.81. The van der Waals surface area contributed by atoms with Crippen molar-refractivity contribution in [1.29, 1.82) is 0 Å². The van der Waals surface area contributed by atoms with Gasteiger partial charge in [0.15, 0.2) is 0 Å². The lowest BCUT2D eigenvalue weighted by Crippen LogP contribution is -2.39. The lowest BCUT2D eigenvalue weighted by atomic mass is 9.93. The molecule has 1 heterocycles. The summed E-state index contributed by atoms with van der Waals surface area (Å²) in [7, 11) is 0. The van der Waals surface area contributed by atoms with E-state index in [1.165, 1.54) is 0 Å². The third-order valence-electron chi connectivity index (χ3n) is 2.86. The molecular formula is C14H15NO. The van der Waals surface area contributed by atoms with Crippen LogP contribution in [0.2, 0.25) is 0 Å². The summed E-state index contributed by atoms with van der Waals surface area (Å²) < 4.78 is 0. The Kier molecular flexibility index (Phi) is 3.23. The van der Waals surface area contributed by atoms with Crippen LogP contribution >= 0.6 is 0 Å². The molecule has 1 aromatic rings. The number of hydrogen-bond acceptors (Lipinski definition) is 1. The summed E-state index contributed by atoms with van der Waals surface area (Å²) in [5.41, 5.74) is 5.04. The van der Waals surface area contributed by atoms with Crippen molar-refractivity contribution in [2.45, 2.75) is 25.3 Å². The fourth-order valence-corrected chi connectivity index (χ4v) is 2.07. The monoisotopic (exact) mass is 213 g/mol. The fourth-order valence-electron chi connectivity index (χ4n) is 2.07. The minimum absolute atomic E-state index is 0.0705. The molecule has 1 atom stereocenters. The molecule has 0 aliphatic carbocycles. The van der Waals surface area contributed by atoms with Crippen LogP contribution in [0.5, 0.6) is 0 Å². The van der Waals surface area contributed by atoms with Crippen LogP contribution in [0.1, 0.15) is 24.8 Å². The maximum absolute atomic E-state index is 11.4. The van der Waals surface area contributed by atoms with Gasteiger partial charge in [0, 0.05) is 12.0 Å². The predicted molar refractivity (Wildman–Crippen MR) is 64.8 cm³/mol. The average molecular weight is 213 g/mol. The SMILES string of the molecule is C=C=C(c1ccccc1)C1CCCC(=O)N1. The summed E-state index contributed by atoms with van der Waals surface area (Å²) in [6.07, 6.45) is 2.54. The Morgan fingerprint density at radius 3 is 2.75 bits per heavy atom. The van der Waals surface area contributed by atoms with Crippen molar-refractivity contribution in [1.82, 2.24) is 5.32 Å². The summed E-state index contributed by atoms with van der Waals surface area (Å²) in [5.74, 6) is 0.125. The van der Waals surface area contributed by atoms with Crippen LogP contribution in [-0.2, 0) is 4.79 Å². The first-order valence-corrected chi connectivity index (χ1v) is 5.56. The van der Waals surface area contributed by atoms with Gasteiger partial charge >= 0.3 is 0 Å². The molecule has 1 fully saturated rings. The van der Waals surface area contributed by atoms with Crippen molar-refractivity contribution >= 4 is 11.5 Å². The second kappa shape index (κ2) is 4.82. The zero-order valence-electron chi connectivity index (χ0n) is 9.20. The van der Waals surface area contributed by atoms with Crippen LogP contribution < -0.4 is 5.32 Å². The van der Waals surface area contributed by atoms with Gasteiger partial charge in [-0.1, -0.05) is 36.9 Å². The van der Waals surface area contributed by atoms with E-state index in [0.717, 1.165) is 24.0 Å². The molecule has 2 rings (SSSR count). The third kappa shape index (κ3) is 2.23. The number of carbonyl (C=O) groups is 1. The molecular weight excluding hydrogens is 198 g/mol. The van der Waals surface area contributed by atoms with Gasteiger partial charge < -0.3 is 5.32 Å². The topological polar surface area (TPSA) is 29.1 Å². The number of hydrogen-bond donors (Lipinski definition) is 1. The van der Waals surface area contributed by atoms with E-state index in [2.05, 4.69) is 17.6 Å². The highest BCUT2D eigenvalue weighted by Gasteiger charge is 2.22. The predicted octanol–water partition coefficient (Wildman–Crippen LogP) is 2.52. The Hall–Kier alpha value is -1.79. The smallest absolute Gasteiger partial charge is 0.220 e. The standard InChI is InChI=1S/C14H15NO/c1-2-12(11-7-4-3-5-8-11)13-9-6-10-14(16)15-13/h3-5,7-8,13H,1,6,9-10H2,(H,15,16). The van der Waals surface area contributed by atoms with Crippen LogP contribution in [-0.4, -0.2) is 11.9 Å². The molecule has 0 radical (unpaired) electrons. The van der Waals surface area contributed by atoms with Crippen molar-refractivity contribution in [2.24, 2.45) is 0 Å². The molecule has 2 nitrogen and oxygen atoms in total. The number of piperidine rings is 1. The number of amides is 1. The molecule has 2 heteroatoms. The minimum Gasteiger partial charge on any atom is -0.349 e. The molecule has 1 aromatic carbocycles. The van der Waals surface area contributed by atoms with Crippen LogP contribution in [0.15, 0.2) is 42.6 Å². The van der Waals surface area contributed by atoms with E-state index in [1.807, 2.05) is 30.3 Å². The van der Waals surface area contributed by atoms with Crippen molar-refractivity contribution in [3.8, 4) is 0 Å². The summed E-state index contributed by atoms with van der Waals surface area (Å²) >= 11 is 0. The van der Waals surface area contributed by atoms with E-state index < -0.39 is 0 Å². The van der Waals surface area contributed by atoms with Crippen molar-refractivity contribution in [2.75, 3.05) is 0 Å². The van der Waals surface area contributed by atoms with E-state index in [1.54, 1.807) is 0 Å². The zero-order valence-corrected chi connectivity index (χ0v) is 9.20. The molecule has 1 saturated heterocycles. The Bertz CT molecular complexity index is 429. The number of carbonyl (C=O) groups excluding carboxylic acids is 1. The van der Waals surface area contributed by atoms with E-state index in [-0.39, 0.29) is 11.9 Å². The molecule has 0 aromatic heterocycles. The molecule has 0 bridgehead atoms. The quantitative estimate of drug-likeness (QED) is 0.751. The molecule has 1 amide bonds. The highest BCUT2D eigenvalue weighted by atomic mass is 16.1.